The van der Waals surface area contributed by atoms with E-state index >= 15 is 0 Å². The first-order chi connectivity index (χ1) is 8.19. The van der Waals surface area contributed by atoms with Crippen LogP contribution in [0.25, 0.3) is 0 Å². The molecule has 1 nitrogen and oxygen atoms in total. The van der Waals surface area contributed by atoms with E-state index in [1.54, 1.807) is 12.1 Å². The third kappa shape index (κ3) is 2.86. The molecule has 0 N–H and O–H groups in total. The molecule has 0 amide bonds. The Bertz CT molecular complexity index is 570. The van der Waals surface area contributed by atoms with Gasteiger partial charge in [-0.15, -0.1) is 0 Å². The molecule has 0 aromatic heterocycles. The van der Waals surface area contributed by atoms with Crippen LogP contribution in [0.5, 0.6) is 0 Å². The second-order valence-electron chi connectivity index (χ2n) is 3.67. The molecule has 0 atom stereocenters. The maximum absolute atomic E-state index is 13.6. The van der Waals surface area contributed by atoms with Gasteiger partial charge in [0, 0.05) is 9.79 Å². The van der Waals surface area contributed by atoms with Crippen molar-refractivity contribution in [3.63, 3.8) is 0 Å². The van der Waals surface area contributed by atoms with Gasteiger partial charge in [-0.05, 0) is 37.3 Å². The average Bonchev–Trinajstić information content (AvgIpc) is 2.34. The smallest absolute Gasteiger partial charge is 0.138 e. The fourth-order valence-corrected chi connectivity index (χ4v) is 2.21. The second-order valence-corrected chi connectivity index (χ2v) is 4.79. The highest BCUT2D eigenvalue weighted by atomic mass is 32.2. The van der Waals surface area contributed by atoms with Crippen LogP contribution in [0.2, 0.25) is 0 Å². The Morgan fingerprint density at radius 1 is 1.12 bits per heavy atom. The van der Waals surface area contributed by atoms with Crippen molar-refractivity contribution in [2.24, 2.45) is 0 Å². The molecule has 0 saturated heterocycles. The minimum absolute atomic E-state index is 0.343. The van der Waals surface area contributed by atoms with Gasteiger partial charge in [0.25, 0.3) is 0 Å². The Labute approximate surface area is 104 Å². The zero-order valence-corrected chi connectivity index (χ0v) is 10.1. The fourth-order valence-electron chi connectivity index (χ4n) is 1.39. The molecular weight excluding hydrogens is 233 g/mol. The maximum atomic E-state index is 13.6. The van der Waals surface area contributed by atoms with Crippen LogP contribution in [0.3, 0.4) is 0 Å². The van der Waals surface area contributed by atoms with Gasteiger partial charge >= 0.3 is 0 Å². The predicted octanol–water partition coefficient (Wildman–Crippen LogP) is 4.16. The number of nitriles is 1. The van der Waals surface area contributed by atoms with Crippen LogP contribution in [-0.4, -0.2) is 0 Å². The van der Waals surface area contributed by atoms with E-state index < -0.39 is 0 Å². The SMILES string of the molecule is Cc1ccc(Sc2ccc(C#N)cc2F)cc1. The number of hydrogen-bond acceptors (Lipinski definition) is 2. The molecule has 0 spiro atoms. The highest BCUT2D eigenvalue weighted by Crippen LogP contribution is 2.30. The zero-order valence-electron chi connectivity index (χ0n) is 9.27. The molecule has 0 saturated carbocycles. The van der Waals surface area contributed by atoms with Gasteiger partial charge in [-0.25, -0.2) is 4.39 Å². The summed E-state index contributed by atoms with van der Waals surface area (Å²) < 4.78 is 13.6. The molecule has 17 heavy (non-hydrogen) atoms. The van der Waals surface area contributed by atoms with Crippen molar-refractivity contribution in [3.05, 3.63) is 59.4 Å². The Kier molecular flexibility index (Phi) is 3.46. The van der Waals surface area contributed by atoms with E-state index in [2.05, 4.69) is 0 Å². The molecule has 0 radical (unpaired) electrons. The average molecular weight is 243 g/mol. The van der Waals surface area contributed by atoms with E-state index in [1.807, 2.05) is 37.3 Å². The highest BCUT2D eigenvalue weighted by molar-refractivity contribution is 7.99. The maximum Gasteiger partial charge on any atom is 0.138 e. The van der Waals surface area contributed by atoms with E-state index in [-0.39, 0.29) is 5.82 Å². The molecular formula is C14H10FNS. The summed E-state index contributed by atoms with van der Waals surface area (Å²) in [7, 11) is 0. The third-order valence-corrected chi connectivity index (χ3v) is 3.37. The van der Waals surface area contributed by atoms with Crippen molar-refractivity contribution in [1.29, 1.82) is 5.26 Å². The molecule has 0 fully saturated rings. The highest BCUT2D eigenvalue weighted by Gasteiger charge is 2.05. The predicted molar refractivity (Wildman–Crippen MR) is 66.4 cm³/mol. The molecule has 84 valence electrons. The van der Waals surface area contributed by atoms with E-state index in [0.29, 0.717) is 10.5 Å². The van der Waals surface area contributed by atoms with Crippen molar-refractivity contribution in [2.45, 2.75) is 16.7 Å². The molecule has 0 unspecified atom stereocenters. The molecule has 0 heterocycles. The van der Waals surface area contributed by atoms with Crippen LogP contribution >= 0.6 is 11.8 Å². The van der Waals surface area contributed by atoms with Crippen molar-refractivity contribution < 1.29 is 4.39 Å². The van der Waals surface area contributed by atoms with Gasteiger partial charge in [-0.3, -0.25) is 0 Å². The second kappa shape index (κ2) is 5.03. The van der Waals surface area contributed by atoms with Crippen LogP contribution in [0.4, 0.5) is 4.39 Å². The molecule has 0 bridgehead atoms. The minimum atomic E-state index is -0.352. The summed E-state index contributed by atoms with van der Waals surface area (Å²) in [6, 6.07) is 14.3. The Hall–Kier alpha value is -1.79. The molecule has 2 aromatic rings. The lowest BCUT2D eigenvalue weighted by Crippen LogP contribution is -1.83. The molecule has 0 aliphatic carbocycles. The van der Waals surface area contributed by atoms with Gasteiger partial charge in [0.2, 0.25) is 0 Å². The first-order valence-electron chi connectivity index (χ1n) is 5.13. The molecule has 2 aromatic carbocycles. The number of benzene rings is 2. The summed E-state index contributed by atoms with van der Waals surface area (Å²) >= 11 is 1.36. The van der Waals surface area contributed by atoms with Gasteiger partial charge in [0.05, 0.1) is 11.6 Å². The Morgan fingerprint density at radius 3 is 2.41 bits per heavy atom. The number of nitrogens with zero attached hydrogens (tertiary/aromatic N) is 1. The summed E-state index contributed by atoms with van der Waals surface area (Å²) in [6.07, 6.45) is 0. The van der Waals surface area contributed by atoms with Crippen molar-refractivity contribution in [3.8, 4) is 6.07 Å². The van der Waals surface area contributed by atoms with Crippen molar-refractivity contribution in [2.75, 3.05) is 0 Å². The Morgan fingerprint density at radius 2 is 1.82 bits per heavy atom. The zero-order chi connectivity index (χ0) is 12.3. The monoisotopic (exact) mass is 243 g/mol. The van der Waals surface area contributed by atoms with E-state index in [1.165, 1.54) is 23.4 Å². The first-order valence-corrected chi connectivity index (χ1v) is 5.95. The minimum Gasteiger partial charge on any atom is -0.206 e. The summed E-state index contributed by atoms with van der Waals surface area (Å²) in [5, 5.41) is 8.65. The quantitative estimate of drug-likeness (QED) is 0.790. The summed E-state index contributed by atoms with van der Waals surface area (Å²) in [5.74, 6) is -0.352. The lowest BCUT2D eigenvalue weighted by Gasteiger charge is -2.03. The summed E-state index contributed by atoms with van der Waals surface area (Å²) in [5.41, 5.74) is 1.52. The number of aryl methyl sites for hydroxylation is 1. The topological polar surface area (TPSA) is 23.8 Å². The van der Waals surface area contributed by atoms with Gasteiger partial charge in [-0.2, -0.15) is 5.26 Å². The summed E-state index contributed by atoms with van der Waals surface area (Å²) in [4.78, 5) is 1.52. The number of rotatable bonds is 2. The van der Waals surface area contributed by atoms with Gasteiger partial charge in [0.1, 0.15) is 5.82 Å². The standard InChI is InChI=1S/C14H10FNS/c1-10-2-5-12(6-3-10)17-14-7-4-11(9-16)8-13(14)15/h2-8H,1H3. The van der Waals surface area contributed by atoms with Crippen LogP contribution in [0.15, 0.2) is 52.3 Å². The molecule has 2 rings (SSSR count). The van der Waals surface area contributed by atoms with Gasteiger partial charge in [-0.1, -0.05) is 29.5 Å². The van der Waals surface area contributed by atoms with E-state index in [9.17, 15) is 4.39 Å². The van der Waals surface area contributed by atoms with Gasteiger partial charge < -0.3 is 0 Å². The summed E-state index contributed by atoms with van der Waals surface area (Å²) in [6.45, 7) is 2.01. The van der Waals surface area contributed by atoms with Crippen LogP contribution in [-0.2, 0) is 0 Å². The normalized spacial score (nSPS) is 9.94. The first kappa shape index (κ1) is 11.7. The lowest BCUT2D eigenvalue weighted by molar-refractivity contribution is 0.601. The van der Waals surface area contributed by atoms with E-state index in [4.69, 9.17) is 5.26 Å². The van der Waals surface area contributed by atoms with Crippen molar-refractivity contribution >= 4 is 11.8 Å². The largest absolute Gasteiger partial charge is 0.206 e. The molecule has 3 heteroatoms. The van der Waals surface area contributed by atoms with Crippen LogP contribution in [0.1, 0.15) is 11.1 Å². The Balaban J connectivity index is 2.25. The molecule has 0 aliphatic rings. The van der Waals surface area contributed by atoms with Gasteiger partial charge in [0.15, 0.2) is 0 Å². The fraction of sp³-hybridized carbons (Fsp3) is 0.0714. The number of halogens is 1. The third-order valence-electron chi connectivity index (χ3n) is 2.31. The van der Waals surface area contributed by atoms with Crippen molar-refractivity contribution in [1.82, 2.24) is 0 Å². The van der Waals surface area contributed by atoms with E-state index in [0.717, 1.165) is 4.90 Å². The number of hydrogen-bond donors (Lipinski definition) is 0. The van der Waals surface area contributed by atoms with Crippen LogP contribution in [0, 0.1) is 24.1 Å². The lowest BCUT2D eigenvalue weighted by atomic mass is 10.2. The van der Waals surface area contributed by atoms with Crippen LogP contribution < -0.4 is 0 Å². The molecule has 0 aliphatic heterocycles.